The Morgan fingerprint density at radius 3 is 2.22 bits per heavy atom. The van der Waals surface area contributed by atoms with Crippen LogP contribution in [-0.4, -0.2) is 48.5 Å². The number of pyridine rings is 1. The topological polar surface area (TPSA) is 97.7 Å². The number of carbonyl (C=O) groups is 3. The monoisotopic (exact) mass is 515 g/mol. The number of carbonyl (C=O) groups excluding carboxylic acids is 3. The van der Waals surface area contributed by atoms with E-state index in [-0.39, 0.29) is 23.5 Å². The highest BCUT2D eigenvalue weighted by molar-refractivity contribution is 6.00. The molecule has 1 N–H and O–H groups in total. The van der Waals surface area contributed by atoms with Gasteiger partial charge in [0.15, 0.2) is 0 Å². The fourth-order valence-electron chi connectivity index (χ4n) is 3.61. The van der Waals surface area contributed by atoms with E-state index in [1.54, 1.807) is 12.1 Å². The Balaban J connectivity index is 2.05. The van der Waals surface area contributed by atoms with Gasteiger partial charge in [-0.15, -0.1) is 0 Å². The number of aromatic nitrogens is 1. The van der Waals surface area contributed by atoms with Gasteiger partial charge < -0.3 is 15.0 Å². The molecule has 0 aliphatic heterocycles. The maximum absolute atomic E-state index is 13.3. The van der Waals surface area contributed by atoms with Crippen LogP contribution in [0.15, 0.2) is 59.4 Å². The number of benzene rings is 2. The molecule has 0 aliphatic carbocycles. The van der Waals surface area contributed by atoms with Crippen LogP contribution in [0.1, 0.15) is 47.9 Å². The van der Waals surface area contributed by atoms with Gasteiger partial charge in [0.1, 0.15) is 5.56 Å². The first-order valence-corrected chi connectivity index (χ1v) is 11.0. The Kier molecular flexibility index (Phi) is 7.85. The maximum Gasteiger partial charge on any atom is 0.416 e. The van der Waals surface area contributed by atoms with E-state index in [0.29, 0.717) is 11.1 Å². The molecule has 1 aromatic heterocycles. The lowest BCUT2D eigenvalue weighted by atomic mass is 10.1. The van der Waals surface area contributed by atoms with E-state index in [1.165, 1.54) is 51.2 Å². The average molecular weight is 515 g/mol. The molecule has 0 spiro atoms. The predicted molar refractivity (Wildman–Crippen MR) is 129 cm³/mol. The van der Waals surface area contributed by atoms with E-state index in [0.717, 1.165) is 28.8 Å². The highest BCUT2D eigenvalue weighted by atomic mass is 19.4. The van der Waals surface area contributed by atoms with Crippen LogP contribution in [0.25, 0.3) is 5.69 Å². The van der Waals surface area contributed by atoms with Crippen LogP contribution in [-0.2, 0) is 17.5 Å². The molecule has 2 aromatic carbocycles. The van der Waals surface area contributed by atoms with Gasteiger partial charge in [-0.25, -0.2) is 4.79 Å². The number of methoxy groups -OCH3 is 1. The van der Waals surface area contributed by atoms with E-state index in [9.17, 15) is 32.3 Å². The van der Waals surface area contributed by atoms with Gasteiger partial charge in [-0.2, -0.15) is 13.2 Å². The fourth-order valence-corrected chi connectivity index (χ4v) is 3.61. The Labute approximate surface area is 210 Å². The van der Waals surface area contributed by atoms with Crippen molar-refractivity contribution in [3.05, 3.63) is 98.5 Å². The van der Waals surface area contributed by atoms with Gasteiger partial charge in [0.2, 0.25) is 0 Å². The Morgan fingerprint density at radius 1 is 1.00 bits per heavy atom. The molecule has 0 atom stereocenters. The first-order valence-electron chi connectivity index (χ1n) is 11.0. The number of rotatable bonds is 6. The quantitative estimate of drug-likeness (QED) is 0.506. The standard InChI is InChI=1S/C26H24F3N3O5/c1-15-20(23(34)31(2)3)13-21(22(33)30-14-16-8-10-17(11-9-16)25(36)37-4)24(35)32(15)19-7-5-6-18(12-19)26(27,28)29/h5-13H,14H2,1-4H3,(H,30,33). The fraction of sp³-hybridized carbons (Fsp3) is 0.231. The van der Waals surface area contributed by atoms with E-state index in [2.05, 4.69) is 10.1 Å². The zero-order valence-electron chi connectivity index (χ0n) is 20.5. The van der Waals surface area contributed by atoms with Gasteiger partial charge in [-0.1, -0.05) is 18.2 Å². The van der Waals surface area contributed by atoms with Crippen molar-refractivity contribution in [3.63, 3.8) is 0 Å². The minimum Gasteiger partial charge on any atom is -0.465 e. The van der Waals surface area contributed by atoms with Crippen molar-refractivity contribution < 1.29 is 32.3 Å². The molecule has 0 bridgehead atoms. The minimum absolute atomic E-state index is 0.0189. The first-order chi connectivity index (χ1) is 17.3. The van der Waals surface area contributed by atoms with Gasteiger partial charge in [0.25, 0.3) is 17.4 Å². The number of nitrogens with one attached hydrogen (secondary N) is 1. The molecule has 8 nitrogen and oxygen atoms in total. The summed E-state index contributed by atoms with van der Waals surface area (Å²) in [5.74, 6) is -1.88. The second kappa shape index (κ2) is 10.7. The van der Waals surface area contributed by atoms with Crippen molar-refractivity contribution >= 4 is 17.8 Å². The first kappa shape index (κ1) is 27.2. The molecule has 0 saturated heterocycles. The van der Waals surface area contributed by atoms with Gasteiger partial charge in [-0.05, 0) is 48.9 Å². The number of ether oxygens (including phenoxy) is 1. The number of nitrogens with zero attached hydrogens (tertiary/aromatic N) is 2. The summed E-state index contributed by atoms with van der Waals surface area (Å²) < 4.78 is 45.5. The smallest absolute Gasteiger partial charge is 0.416 e. The normalized spacial score (nSPS) is 11.1. The highest BCUT2D eigenvalue weighted by Gasteiger charge is 2.31. The summed E-state index contributed by atoms with van der Waals surface area (Å²) in [6, 6.07) is 11.4. The number of hydrogen-bond acceptors (Lipinski definition) is 5. The average Bonchev–Trinajstić information content (AvgIpc) is 2.86. The molecule has 2 amide bonds. The van der Waals surface area contributed by atoms with Crippen molar-refractivity contribution in [3.8, 4) is 5.69 Å². The molecule has 3 aromatic rings. The van der Waals surface area contributed by atoms with Gasteiger partial charge in [0.05, 0.1) is 23.8 Å². The van der Waals surface area contributed by atoms with Gasteiger partial charge in [-0.3, -0.25) is 19.0 Å². The Hall–Kier alpha value is -4.41. The summed E-state index contributed by atoms with van der Waals surface area (Å²) in [6.07, 6.45) is -4.66. The van der Waals surface area contributed by atoms with Crippen molar-refractivity contribution in [2.24, 2.45) is 0 Å². The molecule has 1 heterocycles. The van der Waals surface area contributed by atoms with Gasteiger partial charge in [0, 0.05) is 32.0 Å². The zero-order chi connectivity index (χ0) is 27.5. The van der Waals surface area contributed by atoms with Crippen LogP contribution in [0, 0.1) is 6.92 Å². The van der Waals surface area contributed by atoms with Crippen LogP contribution in [0.2, 0.25) is 0 Å². The SMILES string of the molecule is COC(=O)c1ccc(CNC(=O)c2cc(C(=O)N(C)C)c(C)n(-c3cccc(C(F)(F)F)c3)c2=O)cc1. The van der Waals surface area contributed by atoms with Crippen molar-refractivity contribution in [2.75, 3.05) is 21.2 Å². The second-order valence-corrected chi connectivity index (χ2v) is 8.32. The molecule has 0 saturated carbocycles. The van der Waals surface area contributed by atoms with Crippen molar-refractivity contribution in [1.29, 1.82) is 0 Å². The largest absolute Gasteiger partial charge is 0.465 e. The summed E-state index contributed by atoms with van der Waals surface area (Å²) >= 11 is 0. The maximum atomic E-state index is 13.3. The third-order valence-electron chi connectivity index (χ3n) is 5.59. The minimum atomic E-state index is -4.66. The number of alkyl halides is 3. The summed E-state index contributed by atoms with van der Waals surface area (Å²) in [6.45, 7) is 1.40. The molecule has 0 aliphatic rings. The molecular weight excluding hydrogens is 491 g/mol. The third-order valence-corrected chi connectivity index (χ3v) is 5.59. The molecule has 0 fully saturated rings. The van der Waals surface area contributed by atoms with E-state index >= 15 is 0 Å². The van der Waals surface area contributed by atoms with E-state index in [4.69, 9.17) is 0 Å². The molecule has 0 radical (unpaired) electrons. The summed E-state index contributed by atoms with van der Waals surface area (Å²) in [5.41, 5.74) is -1.44. The Bertz CT molecular complexity index is 1410. The van der Waals surface area contributed by atoms with Crippen LogP contribution in [0.3, 0.4) is 0 Å². The molecule has 194 valence electrons. The zero-order valence-corrected chi connectivity index (χ0v) is 20.5. The van der Waals surface area contributed by atoms with Gasteiger partial charge >= 0.3 is 12.1 Å². The number of amides is 2. The third kappa shape index (κ3) is 5.88. The summed E-state index contributed by atoms with van der Waals surface area (Å²) in [7, 11) is 4.19. The lowest BCUT2D eigenvalue weighted by Gasteiger charge is -2.19. The predicted octanol–water partition coefficient (Wildman–Crippen LogP) is 3.58. The molecule has 37 heavy (non-hydrogen) atoms. The van der Waals surface area contributed by atoms with Crippen LogP contribution in [0.4, 0.5) is 13.2 Å². The van der Waals surface area contributed by atoms with Crippen LogP contribution < -0.4 is 10.9 Å². The molecule has 0 unspecified atom stereocenters. The summed E-state index contributed by atoms with van der Waals surface area (Å²) in [5, 5.41) is 2.57. The van der Waals surface area contributed by atoms with E-state index in [1.807, 2.05) is 0 Å². The number of hydrogen-bond donors (Lipinski definition) is 1. The lowest BCUT2D eigenvalue weighted by Crippen LogP contribution is -2.35. The van der Waals surface area contributed by atoms with Crippen molar-refractivity contribution in [2.45, 2.75) is 19.6 Å². The van der Waals surface area contributed by atoms with E-state index < -0.39 is 40.6 Å². The van der Waals surface area contributed by atoms with Crippen molar-refractivity contribution in [1.82, 2.24) is 14.8 Å². The molecule has 3 rings (SSSR count). The summed E-state index contributed by atoms with van der Waals surface area (Å²) in [4.78, 5) is 52.0. The Morgan fingerprint density at radius 2 is 1.65 bits per heavy atom. The molecular formula is C26H24F3N3O5. The number of esters is 1. The van der Waals surface area contributed by atoms with Crippen LogP contribution >= 0.6 is 0 Å². The second-order valence-electron chi connectivity index (χ2n) is 8.32. The molecule has 11 heteroatoms. The lowest BCUT2D eigenvalue weighted by molar-refractivity contribution is -0.137. The number of halogens is 3. The highest BCUT2D eigenvalue weighted by Crippen LogP contribution is 2.30. The van der Waals surface area contributed by atoms with Crippen LogP contribution in [0.5, 0.6) is 0 Å².